The normalized spacial score (nSPS) is 15.4. The van der Waals surface area contributed by atoms with Gasteiger partial charge in [0.25, 0.3) is 5.56 Å². The fourth-order valence-corrected chi connectivity index (χ4v) is 5.77. The maximum atomic E-state index is 13.7. The number of benzene rings is 1. The molecule has 1 atom stereocenters. The summed E-state index contributed by atoms with van der Waals surface area (Å²) in [5, 5.41) is 1.96. The van der Waals surface area contributed by atoms with Crippen LogP contribution in [0.3, 0.4) is 0 Å². The molecule has 1 aliphatic rings. The van der Waals surface area contributed by atoms with Gasteiger partial charge in [-0.1, -0.05) is 36.8 Å². The number of thiazole rings is 1. The first-order valence-electron chi connectivity index (χ1n) is 12.0. The standard InChI is InChI=1S/C27H30N2O6S2/c1-5-6-11-34-20-10-9-18(15-21(20)33-4)24-23(26(31)35-13-12-32-3)17(2)28-27-29(24)25(30)22(37-27)16-19-8-7-14-36-19/h7-10,14-16,24H,5-6,11-13H2,1-4H3/b22-16-. The number of carbonyl (C=O) groups excluding carboxylic acids is 1. The first-order chi connectivity index (χ1) is 18.0. The van der Waals surface area contributed by atoms with Crippen LogP contribution in [-0.4, -0.2) is 44.6 Å². The minimum atomic E-state index is -0.740. The molecule has 8 nitrogen and oxygen atoms in total. The van der Waals surface area contributed by atoms with Crippen molar-refractivity contribution in [3.63, 3.8) is 0 Å². The van der Waals surface area contributed by atoms with Crippen molar-refractivity contribution in [3.05, 3.63) is 77.1 Å². The second-order valence-electron chi connectivity index (χ2n) is 8.34. The molecule has 3 heterocycles. The third-order valence-electron chi connectivity index (χ3n) is 5.84. The second kappa shape index (κ2) is 12.4. The first kappa shape index (κ1) is 26.8. The second-order valence-corrected chi connectivity index (χ2v) is 10.3. The zero-order chi connectivity index (χ0) is 26.4. The van der Waals surface area contributed by atoms with Gasteiger partial charge in [-0.3, -0.25) is 9.36 Å². The number of fused-ring (bicyclic) bond motifs is 1. The third-order valence-corrected chi connectivity index (χ3v) is 7.64. The van der Waals surface area contributed by atoms with Crippen LogP contribution in [0.5, 0.6) is 11.5 Å². The van der Waals surface area contributed by atoms with Crippen molar-refractivity contribution in [1.29, 1.82) is 0 Å². The number of hydrogen-bond donors (Lipinski definition) is 0. The summed E-state index contributed by atoms with van der Waals surface area (Å²) in [6.07, 6.45) is 3.79. The summed E-state index contributed by atoms with van der Waals surface area (Å²) in [6, 6.07) is 8.62. The van der Waals surface area contributed by atoms with E-state index in [1.165, 1.54) is 18.4 Å². The number of thiophene rings is 1. The zero-order valence-corrected chi connectivity index (χ0v) is 22.9. The minimum Gasteiger partial charge on any atom is -0.493 e. The van der Waals surface area contributed by atoms with Crippen LogP contribution in [0.2, 0.25) is 0 Å². The molecular weight excluding hydrogens is 512 g/mol. The topological polar surface area (TPSA) is 88.4 Å². The molecule has 10 heteroatoms. The number of methoxy groups -OCH3 is 2. The van der Waals surface area contributed by atoms with E-state index in [1.807, 2.05) is 41.8 Å². The SMILES string of the molecule is CCCCOc1ccc(C2C(C(=O)OCCOC)=C(C)N=c3s/c(=C\c4cccs4)c(=O)n32)cc1OC. The number of hydrogen-bond acceptors (Lipinski definition) is 9. The van der Waals surface area contributed by atoms with Crippen LogP contribution in [0, 0.1) is 0 Å². The van der Waals surface area contributed by atoms with Crippen LogP contribution >= 0.6 is 22.7 Å². The summed E-state index contributed by atoms with van der Waals surface area (Å²) < 4.78 is 24.1. The summed E-state index contributed by atoms with van der Waals surface area (Å²) in [4.78, 5) is 33.1. The number of rotatable bonds is 11. The molecule has 0 saturated heterocycles. The van der Waals surface area contributed by atoms with Crippen LogP contribution in [0.25, 0.3) is 6.08 Å². The number of aromatic nitrogens is 1. The van der Waals surface area contributed by atoms with Crippen LogP contribution < -0.4 is 24.4 Å². The van der Waals surface area contributed by atoms with Crippen molar-refractivity contribution in [2.45, 2.75) is 32.7 Å². The number of unbranched alkanes of at least 4 members (excludes halogenated alkanes) is 1. The number of esters is 1. The van der Waals surface area contributed by atoms with Gasteiger partial charge in [0.05, 0.1) is 42.2 Å². The molecule has 0 saturated carbocycles. The average molecular weight is 543 g/mol. The third kappa shape index (κ3) is 5.87. The van der Waals surface area contributed by atoms with E-state index in [-0.39, 0.29) is 18.8 Å². The highest BCUT2D eigenvalue weighted by Crippen LogP contribution is 2.36. The van der Waals surface area contributed by atoms with E-state index in [4.69, 9.17) is 18.9 Å². The molecule has 0 aliphatic carbocycles. The maximum absolute atomic E-state index is 13.7. The molecule has 4 rings (SSSR count). The summed E-state index contributed by atoms with van der Waals surface area (Å²) in [7, 11) is 3.11. The Morgan fingerprint density at radius 1 is 1.16 bits per heavy atom. The molecule has 2 aromatic heterocycles. The van der Waals surface area contributed by atoms with Crippen molar-refractivity contribution in [3.8, 4) is 11.5 Å². The Morgan fingerprint density at radius 2 is 2.00 bits per heavy atom. The summed E-state index contributed by atoms with van der Waals surface area (Å²) >= 11 is 2.84. The van der Waals surface area contributed by atoms with E-state index >= 15 is 0 Å². The number of ether oxygens (including phenoxy) is 4. The fraction of sp³-hybridized carbons (Fsp3) is 0.370. The monoisotopic (exact) mass is 542 g/mol. The quantitative estimate of drug-likeness (QED) is 0.271. The van der Waals surface area contributed by atoms with Gasteiger partial charge in [-0.2, -0.15) is 0 Å². The van der Waals surface area contributed by atoms with Crippen LogP contribution in [0.15, 0.2) is 56.8 Å². The summed E-state index contributed by atoms with van der Waals surface area (Å²) in [6.45, 7) is 4.78. The molecule has 1 aromatic carbocycles. The fourth-order valence-electron chi connectivity index (χ4n) is 4.00. The lowest BCUT2D eigenvalue weighted by Crippen LogP contribution is -2.40. The van der Waals surface area contributed by atoms with Gasteiger partial charge in [0.15, 0.2) is 16.3 Å². The molecule has 0 bridgehead atoms. The predicted molar refractivity (Wildman–Crippen MR) is 144 cm³/mol. The van der Waals surface area contributed by atoms with Gasteiger partial charge >= 0.3 is 5.97 Å². The highest BCUT2D eigenvalue weighted by atomic mass is 32.1. The van der Waals surface area contributed by atoms with Gasteiger partial charge in [0.2, 0.25) is 0 Å². The number of carbonyl (C=O) groups is 1. The average Bonchev–Trinajstić information content (AvgIpc) is 3.51. The van der Waals surface area contributed by atoms with Crippen LogP contribution in [-0.2, 0) is 14.3 Å². The van der Waals surface area contributed by atoms with Crippen LogP contribution in [0.1, 0.15) is 43.2 Å². The van der Waals surface area contributed by atoms with Crippen molar-refractivity contribution < 1.29 is 23.7 Å². The maximum Gasteiger partial charge on any atom is 0.338 e. The van der Waals surface area contributed by atoms with Gasteiger partial charge in [0.1, 0.15) is 6.61 Å². The van der Waals surface area contributed by atoms with Crippen molar-refractivity contribution in [2.24, 2.45) is 4.99 Å². The molecule has 0 amide bonds. The lowest BCUT2D eigenvalue weighted by molar-refractivity contribution is -0.140. The van der Waals surface area contributed by atoms with Gasteiger partial charge in [-0.15, -0.1) is 11.3 Å². The van der Waals surface area contributed by atoms with Gasteiger partial charge < -0.3 is 18.9 Å². The zero-order valence-electron chi connectivity index (χ0n) is 21.3. The van der Waals surface area contributed by atoms with Crippen molar-refractivity contribution in [2.75, 3.05) is 34.0 Å². The Hall–Kier alpha value is -3.21. The molecule has 1 unspecified atom stereocenters. The van der Waals surface area contributed by atoms with E-state index in [0.29, 0.717) is 44.3 Å². The lowest BCUT2D eigenvalue weighted by Gasteiger charge is -2.25. The van der Waals surface area contributed by atoms with Gasteiger partial charge in [0, 0.05) is 12.0 Å². The summed E-state index contributed by atoms with van der Waals surface area (Å²) in [5.41, 5.74) is 1.27. The molecular formula is C27H30N2O6S2. The summed E-state index contributed by atoms with van der Waals surface area (Å²) in [5.74, 6) is 0.587. The number of allylic oxidation sites excluding steroid dienone is 1. The lowest BCUT2D eigenvalue weighted by atomic mass is 9.95. The van der Waals surface area contributed by atoms with E-state index in [2.05, 4.69) is 11.9 Å². The molecule has 1 aliphatic heterocycles. The Kier molecular flexibility index (Phi) is 8.96. The highest BCUT2D eigenvalue weighted by molar-refractivity contribution is 7.11. The number of nitrogens with zero attached hydrogens (tertiary/aromatic N) is 2. The van der Waals surface area contributed by atoms with Crippen molar-refractivity contribution in [1.82, 2.24) is 4.57 Å². The minimum absolute atomic E-state index is 0.0924. The Balaban J connectivity index is 1.85. The molecule has 0 N–H and O–H groups in total. The Morgan fingerprint density at radius 3 is 2.70 bits per heavy atom. The van der Waals surface area contributed by atoms with E-state index < -0.39 is 12.0 Å². The molecule has 3 aromatic rings. The van der Waals surface area contributed by atoms with Gasteiger partial charge in [-0.25, -0.2) is 9.79 Å². The molecule has 0 radical (unpaired) electrons. The van der Waals surface area contributed by atoms with Crippen LogP contribution in [0.4, 0.5) is 0 Å². The van der Waals surface area contributed by atoms with E-state index in [9.17, 15) is 9.59 Å². The van der Waals surface area contributed by atoms with E-state index in [1.54, 1.807) is 29.9 Å². The molecule has 37 heavy (non-hydrogen) atoms. The molecule has 0 fully saturated rings. The Bertz CT molecular complexity index is 1450. The first-order valence-corrected chi connectivity index (χ1v) is 13.7. The van der Waals surface area contributed by atoms with Gasteiger partial charge in [-0.05, 0) is 48.6 Å². The molecule has 196 valence electrons. The van der Waals surface area contributed by atoms with Crippen molar-refractivity contribution >= 4 is 34.7 Å². The van der Waals surface area contributed by atoms with E-state index in [0.717, 1.165) is 17.7 Å². The predicted octanol–water partition coefficient (Wildman–Crippen LogP) is 3.67. The highest BCUT2D eigenvalue weighted by Gasteiger charge is 2.34. The Labute approximate surface area is 223 Å². The smallest absolute Gasteiger partial charge is 0.338 e. The largest absolute Gasteiger partial charge is 0.493 e. The molecule has 0 spiro atoms.